The van der Waals surface area contributed by atoms with Crippen molar-refractivity contribution >= 4 is 32.4 Å². The highest BCUT2D eigenvalue weighted by molar-refractivity contribution is 6.23. The maximum absolute atomic E-state index is 13.1. The summed E-state index contributed by atoms with van der Waals surface area (Å²) in [5.74, 6) is 0.0162. The summed E-state index contributed by atoms with van der Waals surface area (Å²) in [6.07, 6.45) is 5.17. The Balaban J connectivity index is 1.96. The summed E-state index contributed by atoms with van der Waals surface area (Å²) < 4.78 is 1.56. The molecule has 120 valence electrons. The van der Waals surface area contributed by atoms with Gasteiger partial charge in [-0.05, 0) is 37.1 Å². The summed E-state index contributed by atoms with van der Waals surface area (Å²) in [6, 6.07) is 6.95. The molecule has 1 fully saturated rings. The predicted octanol–water partition coefficient (Wildman–Crippen LogP) is 3.15. The third-order valence-corrected chi connectivity index (χ3v) is 5.45. The Labute approximate surface area is 136 Å². The van der Waals surface area contributed by atoms with Gasteiger partial charge in [-0.25, -0.2) is 4.98 Å². The lowest BCUT2D eigenvalue weighted by molar-refractivity contribution is 0.308. The number of aromatic nitrogens is 2. The van der Waals surface area contributed by atoms with E-state index in [1.165, 1.54) is 6.42 Å². The van der Waals surface area contributed by atoms with Crippen LogP contribution in [0.4, 0.5) is 0 Å². The smallest absolute Gasteiger partial charge is 0.278 e. The molecule has 0 unspecified atom stereocenters. The van der Waals surface area contributed by atoms with E-state index in [2.05, 4.69) is 4.98 Å². The Morgan fingerprint density at radius 1 is 0.917 bits per heavy atom. The minimum Gasteiger partial charge on any atom is -0.494 e. The molecule has 1 aliphatic carbocycles. The first kappa shape index (κ1) is 13.7. The van der Waals surface area contributed by atoms with Gasteiger partial charge >= 0.3 is 0 Å². The number of benzene rings is 2. The van der Waals surface area contributed by atoms with E-state index in [9.17, 15) is 14.7 Å². The highest BCUT2D eigenvalue weighted by Gasteiger charge is 2.24. The normalized spacial score (nSPS) is 16.7. The molecule has 1 saturated carbocycles. The van der Waals surface area contributed by atoms with E-state index >= 15 is 0 Å². The van der Waals surface area contributed by atoms with E-state index in [-0.39, 0.29) is 23.0 Å². The molecule has 0 aliphatic heterocycles. The van der Waals surface area contributed by atoms with Gasteiger partial charge in [0.2, 0.25) is 5.88 Å². The Hall–Kier alpha value is -2.69. The molecule has 1 aliphatic rings. The van der Waals surface area contributed by atoms with Crippen LogP contribution < -0.4 is 11.1 Å². The second kappa shape index (κ2) is 4.66. The molecule has 0 spiro atoms. The number of hydrogen-bond donors (Lipinski definition) is 1. The topological polar surface area (TPSA) is 72.2 Å². The van der Waals surface area contributed by atoms with Crippen molar-refractivity contribution in [3.05, 3.63) is 45.0 Å². The van der Waals surface area contributed by atoms with Crippen LogP contribution in [0.15, 0.2) is 33.9 Å². The van der Waals surface area contributed by atoms with E-state index in [4.69, 9.17) is 0 Å². The molecule has 0 amide bonds. The summed E-state index contributed by atoms with van der Waals surface area (Å²) in [6.45, 7) is 0. The number of aromatic hydroxyl groups is 1. The van der Waals surface area contributed by atoms with Gasteiger partial charge in [0.15, 0.2) is 0 Å². The molecule has 2 heterocycles. The molecule has 2 aromatic heterocycles. The van der Waals surface area contributed by atoms with Crippen LogP contribution in [0.1, 0.15) is 38.1 Å². The van der Waals surface area contributed by atoms with Gasteiger partial charge < -0.3 is 5.11 Å². The first-order valence-corrected chi connectivity index (χ1v) is 8.42. The molecule has 1 N–H and O–H groups in total. The number of nitrogens with zero attached hydrogens (tertiary/aromatic N) is 2. The minimum absolute atomic E-state index is 0.0162. The molecule has 0 bridgehead atoms. The van der Waals surface area contributed by atoms with Crippen LogP contribution in [0.3, 0.4) is 0 Å². The van der Waals surface area contributed by atoms with Gasteiger partial charge in [-0.2, -0.15) is 0 Å². The molecule has 2 aromatic carbocycles. The quantitative estimate of drug-likeness (QED) is 0.585. The lowest BCUT2D eigenvalue weighted by atomic mass is 9.94. The second-order valence-electron chi connectivity index (χ2n) is 6.75. The molecule has 0 atom stereocenters. The predicted molar refractivity (Wildman–Crippen MR) is 93.4 cm³/mol. The number of pyridine rings is 1. The SMILES string of the molecule is O=c1nc2ccc3c(O)n(C4CCCCC4)c(=O)c4ccc1c2c34. The third-order valence-electron chi connectivity index (χ3n) is 5.45. The van der Waals surface area contributed by atoms with Gasteiger partial charge in [-0.15, -0.1) is 0 Å². The van der Waals surface area contributed by atoms with Gasteiger partial charge in [-0.3, -0.25) is 14.2 Å². The fourth-order valence-corrected chi connectivity index (χ4v) is 4.32. The summed E-state index contributed by atoms with van der Waals surface area (Å²) in [5, 5.41) is 13.9. The van der Waals surface area contributed by atoms with Gasteiger partial charge in [0, 0.05) is 27.6 Å². The van der Waals surface area contributed by atoms with Gasteiger partial charge in [-0.1, -0.05) is 19.3 Å². The van der Waals surface area contributed by atoms with Gasteiger partial charge in [0.05, 0.1) is 10.9 Å². The average Bonchev–Trinajstić information content (AvgIpc) is 2.93. The van der Waals surface area contributed by atoms with Crippen molar-refractivity contribution in [2.24, 2.45) is 0 Å². The highest BCUT2D eigenvalue weighted by atomic mass is 16.3. The Morgan fingerprint density at radius 2 is 1.62 bits per heavy atom. The van der Waals surface area contributed by atoms with Crippen molar-refractivity contribution in [1.29, 1.82) is 0 Å². The summed E-state index contributed by atoms with van der Waals surface area (Å²) in [7, 11) is 0. The van der Waals surface area contributed by atoms with E-state index in [0.717, 1.165) is 25.7 Å². The Morgan fingerprint density at radius 3 is 2.42 bits per heavy atom. The number of rotatable bonds is 1. The molecule has 5 nitrogen and oxygen atoms in total. The standard InChI is InChI=1S/C19H16N2O3/c22-17-11-6-7-12-15-13(8-9-14(20-17)16(11)15)19(24)21(18(12)23)10-4-2-1-3-5-10/h6-10,24H,1-5H2. The largest absolute Gasteiger partial charge is 0.494 e. The average molecular weight is 320 g/mol. The van der Waals surface area contributed by atoms with Crippen LogP contribution in [0, 0.1) is 0 Å². The first-order chi connectivity index (χ1) is 11.7. The summed E-state index contributed by atoms with van der Waals surface area (Å²) in [5.41, 5.74) is 0.132. The van der Waals surface area contributed by atoms with Gasteiger partial charge in [0.25, 0.3) is 11.1 Å². The maximum Gasteiger partial charge on any atom is 0.278 e. The lowest BCUT2D eigenvalue weighted by Gasteiger charge is -2.26. The lowest BCUT2D eigenvalue weighted by Crippen LogP contribution is -2.26. The van der Waals surface area contributed by atoms with Crippen molar-refractivity contribution in [3.63, 3.8) is 0 Å². The third kappa shape index (κ3) is 1.62. The van der Waals surface area contributed by atoms with Crippen LogP contribution in [0.25, 0.3) is 32.4 Å². The monoisotopic (exact) mass is 320 g/mol. The fraction of sp³-hybridized carbons (Fsp3) is 0.316. The minimum atomic E-state index is -0.282. The molecular weight excluding hydrogens is 304 g/mol. The zero-order chi connectivity index (χ0) is 16.4. The molecule has 4 aromatic rings. The van der Waals surface area contributed by atoms with E-state index < -0.39 is 0 Å². The number of hydrogen-bond acceptors (Lipinski definition) is 4. The molecule has 0 radical (unpaired) electrons. The molecule has 5 rings (SSSR count). The van der Waals surface area contributed by atoms with E-state index in [1.54, 1.807) is 28.8 Å². The van der Waals surface area contributed by atoms with Crippen molar-refractivity contribution in [2.75, 3.05) is 0 Å². The molecule has 5 heteroatoms. The van der Waals surface area contributed by atoms with Crippen LogP contribution in [-0.2, 0) is 0 Å². The summed E-state index contributed by atoms with van der Waals surface area (Å²) in [4.78, 5) is 29.1. The maximum atomic E-state index is 13.1. The van der Waals surface area contributed by atoms with Crippen molar-refractivity contribution in [2.45, 2.75) is 38.1 Å². The van der Waals surface area contributed by atoms with Crippen LogP contribution in [0.5, 0.6) is 5.88 Å². The second-order valence-corrected chi connectivity index (χ2v) is 6.75. The van der Waals surface area contributed by atoms with Crippen LogP contribution in [0.2, 0.25) is 0 Å². The zero-order valence-corrected chi connectivity index (χ0v) is 13.1. The Kier molecular flexibility index (Phi) is 2.66. The highest BCUT2D eigenvalue weighted by Crippen LogP contribution is 2.38. The van der Waals surface area contributed by atoms with Crippen LogP contribution >= 0.6 is 0 Å². The van der Waals surface area contributed by atoms with Gasteiger partial charge in [0.1, 0.15) is 0 Å². The van der Waals surface area contributed by atoms with Crippen molar-refractivity contribution in [3.8, 4) is 5.88 Å². The fourth-order valence-electron chi connectivity index (χ4n) is 4.32. The van der Waals surface area contributed by atoms with E-state index in [1.807, 2.05) is 0 Å². The molecule has 24 heavy (non-hydrogen) atoms. The zero-order valence-electron chi connectivity index (χ0n) is 13.1. The van der Waals surface area contributed by atoms with E-state index in [0.29, 0.717) is 32.4 Å². The first-order valence-electron chi connectivity index (χ1n) is 8.42. The van der Waals surface area contributed by atoms with Crippen LogP contribution in [-0.4, -0.2) is 14.7 Å². The van der Waals surface area contributed by atoms with Crippen molar-refractivity contribution in [1.82, 2.24) is 9.55 Å². The van der Waals surface area contributed by atoms with Crippen molar-refractivity contribution < 1.29 is 5.11 Å². The Bertz CT molecular complexity index is 1190. The molecule has 0 saturated heterocycles. The molecular formula is C19H16N2O3. The summed E-state index contributed by atoms with van der Waals surface area (Å²) >= 11 is 0.